The molecule has 2 aromatic carbocycles. The van der Waals surface area contributed by atoms with Crippen LogP contribution < -0.4 is 0 Å². The fourth-order valence-electron chi connectivity index (χ4n) is 5.93. The number of hydrogen-bond donors (Lipinski definition) is 0. The molecule has 4 bridgehead atoms. The average Bonchev–Trinajstić information content (AvgIpc) is 3.09. The van der Waals surface area contributed by atoms with Gasteiger partial charge in [0.25, 0.3) is 0 Å². The summed E-state index contributed by atoms with van der Waals surface area (Å²) in [7, 11) is 0. The maximum atomic E-state index is 5.21. The molecular weight excluding hydrogens is 589 g/mol. The molecule has 3 heterocycles. The molecule has 2 aromatic heterocycles. The van der Waals surface area contributed by atoms with Crippen LogP contribution in [0.3, 0.4) is 0 Å². The van der Waals surface area contributed by atoms with Crippen LogP contribution in [0, 0.1) is 0 Å². The maximum Gasteiger partial charge on any atom is 0.0845 e. The van der Waals surface area contributed by atoms with Gasteiger partial charge in [-0.2, -0.15) is 0 Å². The van der Waals surface area contributed by atoms with E-state index in [1.165, 1.54) is 22.3 Å². The van der Waals surface area contributed by atoms with Crippen molar-refractivity contribution >= 4 is 22.8 Å². The highest BCUT2D eigenvalue weighted by Crippen LogP contribution is 2.19. The topological polar surface area (TPSA) is 75.2 Å². The van der Waals surface area contributed by atoms with E-state index >= 15 is 0 Å². The van der Waals surface area contributed by atoms with Gasteiger partial charge in [0.2, 0.25) is 0 Å². The van der Waals surface area contributed by atoms with Gasteiger partial charge in [0.15, 0.2) is 0 Å². The van der Waals surface area contributed by atoms with Gasteiger partial charge in [-0.3, -0.25) is 20.0 Å². The molecule has 5 rings (SSSR count). The van der Waals surface area contributed by atoms with Gasteiger partial charge in [0, 0.05) is 0 Å². The number of rotatable bonds is 6. The summed E-state index contributed by atoms with van der Waals surface area (Å²) in [5.74, 6) is 0.996. The van der Waals surface area contributed by atoms with Crippen molar-refractivity contribution in [2.45, 2.75) is 92.2 Å². The molecule has 2 unspecified atom stereocenters. The van der Waals surface area contributed by atoms with E-state index in [1.807, 2.05) is 64.1 Å². The summed E-state index contributed by atoms with van der Waals surface area (Å²) in [6.45, 7) is 18.2. The van der Waals surface area contributed by atoms with Gasteiger partial charge >= 0.3 is 0 Å². The molecule has 0 N–H and O–H groups in total. The van der Waals surface area contributed by atoms with Crippen molar-refractivity contribution in [3.63, 3.8) is 0 Å². The molecule has 0 saturated carbocycles. The minimum Gasteiger partial charge on any atom is -0.286 e. The summed E-state index contributed by atoms with van der Waals surface area (Å²) in [4.78, 5) is 30.5. The Labute approximate surface area is 287 Å². The lowest BCUT2D eigenvalue weighted by atomic mass is 9.99. The highest BCUT2D eigenvalue weighted by molar-refractivity contribution is 6.02. The lowest BCUT2D eigenvalue weighted by Gasteiger charge is -2.16. The Kier molecular flexibility index (Phi) is 11.6. The Bertz CT molecular complexity index is 1670. The Morgan fingerprint density at radius 1 is 0.479 bits per heavy atom. The van der Waals surface area contributed by atoms with Crippen LogP contribution in [0.25, 0.3) is 0 Å². The van der Waals surface area contributed by atoms with E-state index in [-0.39, 0.29) is 12.1 Å². The zero-order valence-electron chi connectivity index (χ0n) is 29.9. The molecule has 0 spiro atoms. The van der Waals surface area contributed by atoms with Gasteiger partial charge in [-0.15, -0.1) is 0 Å². The predicted molar refractivity (Wildman–Crippen MR) is 203 cm³/mol. The number of fused-ring (bicyclic) bond motifs is 4. The van der Waals surface area contributed by atoms with E-state index in [2.05, 4.69) is 76.2 Å². The van der Waals surface area contributed by atoms with Gasteiger partial charge in [0.1, 0.15) is 0 Å². The Morgan fingerprint density at radius 3 is 1.15 bits per heavy atom. The Balaban J connectivity index is 1.52. The quantitative estimate of drug-likeness (QED) is 0.212. The lowest BCUT2D eigenvalue weighted by molar-refractivity contribution is 0.680. The van der Waals surface area contributed by atoms with Crippen molar-refractivity contribution in [3.8, 4) is 0 Å². The molecule has 248 valence electrons. The summed E-state index contributed by atoms with van der Waals surface area (Å²) < 4.78 is 0. The third-order valence-corrected chi connectivity index (χ3v) is 9.05. The van der Waals surface area contributed by atoms with Crippen LogP contribution in [0.4, 0.5) is 0 Å². The van der Waals surface area contributed by atoms with E-state index in [4.69, 9.17) is 29.9 Å². The molecule has 1 aliphatic heterocycles. The van der Waals surface area contributed by atoms with Gasteiger partial charge in [-0.25, -0.2) is 9.97 Å². The predicted octanol–water partition coefficient (Wildman–Crippen LogP) is 8.90. The molecule has 0 radical (unpaired) electrons. The summed E-state index contributed by atoms with van der Waals surface area (Å²) in [5, 5.41) is 0. The highest BCUT2D eigenvalue weighted by Gasteiger charge is 2.15. The van der Waals surface area contributed by atoms with Crippen LogP contribution in [0.2, 0.25) is 0 Å². The summed E-state index contributed by atoms with van der Waals surface area (Å²) in [5.41, 5.74) is 12.2. The fourth-order valence-corrected chi connectivity index (χ4v) is 5.93. The minimum atomic E-state index is -0.0502. The average molecular weight is 639 g/mol. The highest BCUT2D eigenvalue weighted by atomic mass is 14.9. The number of hydrogen-bond acceptors (Lipinski definition) is 6. The van der Waals surface area contributed by atoms with Crippen LogP contribution in [0.15, 0.2) is 105 Å². The van der Waals surface area contributed by atoms with Crippen LogP contribution in [0.1, 0.15) is 112 Å². The molecule has 2 atom stereocenters. The number of benzene rings is 2. The normalized spacial score (nSPS) is 17.6. The molecule has 1 aliphatic rings. The fraction of sp³-hybridized carbons (Fsp3) is 0.381. The SMILES string of the molecule is CC1=NCC(Cc2ccc(C(C)C)cc2)N=C(C)c2cccc(n2)C(C)=NCC(Cc2ccc(C(C)C)cc2)N=C(C)c2cccc1n2. The summed E-state index contributed by atoms with van der Waals surface area (Å²) >= 11 is 0. The molecule has 0 amide bonds. The number of aromatic nitrogens is 2. The zero-order chi connectivity index (χ0) is 34.2. The number of pyridine rings is 2. The van der Waals surface area contributed by atoms with E-state index in [0.29, 0.717) is 24.9 Å². The van der Waals surface area contributed by atoms with Crippen LogP contribution >= 0.6 is 0 Å². The van der Waals surface area contributed by atoms with Crippen molar-refractivity contribution in [1.29, 1.82) is 0 Å². The van der Waals surface area contributed by atoms with Gasteiger partial charge in [-0.1, -0.05) is 88.4 Å². The first-order valence-electron chi connectivity index (χ1n) is 17.3. The standard InChI is InChI=1S/C42H50N6/c1-27(2)35-19-15-33(16-20-35)23-37-25-43-29(5)39-11-10-14-42(48-39)32(8)46-38(24-34-17-21-36(22-18-34)28(3)4)26-44-30(6)40-12-9-13-41(47-40)31(7)45-37/h9-22,27-28,37-38H,23-26H2,1-8H3. The lowest BCUT2D eigenvalue weighted by Crippen LogP contribution is -2.19. The largest absolute Gasteiger partial charge is 0.286 e. The first kappa shape index (κ1) is 34.7. The van der Waals surface area contributed by atoms with Crippen molar-refractivity contribution < 1.29 is 0 Å². The maximum absolute atomic E-state index is 5.21. The number of nitrogens with zero attached hydrogens (tertiary/aromatic N) is 6. The Hall–Kier alpha value is -4.58. The van der Waals surface area contributed by atoms with E-state index in [9.17, 15) is 0 Å². The third kappa shape index (κ3) is 9.27. The van der Waals surface area contributed by atoms with E-state index < -0.39 is 0 Å². The molecule has 0 saturated heterocycles. The second-order valence-corrected chi connectivity index (χ2v) is 13.6. The van der Waals surface area contributed by atoms with Crippen LogP contribution in [-0.2, 0) is 12.8 Å². The van der Waals surface area contributed by atoms with Crippen molar-refractivity contribution in [2.75, 3.05) is 13.1 Å². The van der Waals surface area contributed by atoms with Gasteiger partial charge < -0.3 is 0 Å². The Morgan fingerprint density at radius 2 is 0.812 bits per heavy atom. The van der Waals surface area contributed by atoms with Gasteiger partial charge in [0.05, 0.1) is 70.8 Å². The van der Waals surface area contributed by atoms with Gasteiger partial charge in [-0.05, 0) is 98.9 Å². The molecule has 0 aliphatic carbocycles. The van der Waals surface area contributed by atoms with Crippen molar-refractivity contribution in [2.24, 2.45) is 20.0 Å². The summed E-state index contributed by atoms with van der Waals surface area (Å²) in [6.07, 6.45) is 1.57. The molecule has 0 fully saturated rings. The van der Waals surface area contributed by atoms with Crippen LogP contribution in [0.5, 0.6) is 0 Å². The zero-order valence-corrected chi connectivity index (χ0v) is 29.9. The second kappa shape index (κ2) is 16.0. The minimum absolute atomic E-state index is 0.0502. The first-order chi connectivity index (χ1) is 23.0. The smallest absolute Gasteiger partial charge is 0.0845 e. The number of aliphatic imine (C=N–C) groups is 4. The second-order valence-electron chi connectivity index (χ2n) is 13.6. The van der Waals surface area contributed by atoms with Crippen molar-refractivity contribution in [1.82, 2.24) is 9.97 Å². The van der Waals surface area contributed by atoms with E-state index in [1.54, 1.807) is 0 Å². The molecule has 6 nitrogen and oxygen atoms in total. The molecule has 6 heteroatoms. The third-order valence-electron chi connectivity index (χ3n) is 9.05. The molecular formula is C42H50N6. The monoisotopic (exact) mass is 638 g/mol. The van der Waals surface area contributed by atoms with Crippen LogP contribution in [-0.4, -0.2) is 58.0 Å². The first-order valence-corrected chi connectivity index (χ1v) is 17.3. The van der Waals surface area contributed by atoms with Crippen molar-refractivity contribution in [3.05, 3.63) is 130 Å². The van der Waals surface area contributed by atoms with E-state index in [0.717, 1.165) is 58.5 Å². The molecule has 48 heavy (non-hydrogen) atoms. The summed E-state index contributed by atoms with van der Waals surface area (Å²) in [6, 6.07) is 29.9. The molecule has 4 aromatic rings.